The molecule has 0 bridgehead atoms. The van der Waals surface area contributed by atoms with Gasteiger partial charge in [-0.25, -0.2) is 0 Å². The van der Waals surface area contributed by atoms with E-state index < -0.39 is 0 Å². The van der Waals surface area contributed by atoms with E-state index in [1.807, 2.05) is 24.3 Å². The summed E-state index contributed by atoms with van der Waals surface area (Å²) in [6.45, 7) is 4.41. The third kappa shape index (κ3) is 5.59. The molecule has 2 aromatic carbocycles. The number of ether oxygens (including phenoxy) is 1. The molecule has 0 radical (unpaired) electrons. The molecule has 3 rings (SSSR count). The zero-order chi connectivity index (χ0) is 19.1. The summed E-state index contributed by atoms with van der Waals surface area (Å²) < 4.78 is 5.65. The van der Waals surface area contributed by atoms with E-state index in [-0.39, 0.29) is 12.5 Å². The maximum absolute atomic E-state index is 12.1. The van der Waals surface area contributed by atoms with Crippen molar-refractivity contribution in [3.8, 4) is 5.75 Å². The number of amides is 1. The second-order valence-corrected chi connectivity index (χ2v) is 7.67. The number of hydrogen-bond acceptors (Lipinski definition) is 2. The van der Waals surface area contributed by atoms with E-state index in [4.69, 9.17) is 4.74 Å². The molecule has 0 heterocycles. The van der Waals surface area contributed by atoms with E-state index in [2.05, 4.69) is 43.4 Å². The zero-order valence-corrected chi connectivity index (χ0v) is 16.5. The number of nitrogens with one attached hydrogen (secondary N) is 1. The summed E-state index contributed by atoms with van der Waals surface area (Å²) in [5.41, 5.74) is 3.50. The molecule has 0 aliphatic heterocycles. The average molecular weight is 366 g/mol. The van der Waals surface area contributed by atoms with Crippen molar-refractivity contribution < 1.29 is 9.53 Å². The number of benzene rings is 2. The van der Waals surface area contributed by atoms with Crippen LogP contribution >= 0.6 is 0 Å². The largest absolute Gasteiger partial charge is 0.484 e. The number of carbonyl (C=O) groups excluding carboxylic acids is 1. The highest BCUT2D eigenvalue weighted by Gasteiger charge is 2.15. The Bertz CT molecular complexity index is 715. The van der Waals surface area contributed by atoms with Crippen molar-refractivity contribution >= 4 is 11.6 Å². The number of rotatable bonds is 7. The van der Waals surface area contributed by atoms with Gasteiger partial charge < -0.3 is 10.1 Å². The van der Waals surface area contributed by atoms with Crippen LogP contribution < -0.4 is 10.1 Å². The summed E-state index contributed by atoms with van der Waals surface area (Å²) in [7, 11) is 0. The Labute approximate surface area is 163 Å². The SMILES string of the molecule is CC[C@@H](C)c1ccc(NC(=O)COc2ccc(C3CCCCC3)cc2)cc1. The van der Waals surface area contributed by atoms with Gasteiger partial charge in [0.25, 0.3) is 5.91 Å². The molecule has 1 amide bonds. The van der Waals surface area contributed by atoms with Crippen LogP contribution in [0.2, 0.25) is 0 Å². The summed E-state index contributed by atoms with van der Waals surface area (Å²) in [6, 6.07) is 16.3. The molecule has 1 N–H and O–H groups in total. The van der Waals surface area contributed by atoms with Crippen LogP contribution in [0.5, 0.6) is 5.75 Å². The van der Waals surface area contributed by atoms with E-state index in [1.54, 1.807) is 0 Å². The number of hydrogen-bond donors (Lipinski definition) is 1. The van der Waals surface area contributed by atoms with Crippen LogP contribution in [-0.4, -0.2) is 12.5 Å². The van der Waals surface area contributed by atoms with Crippen molar-refractivity contribution in [2.45, 2.75) is 64.2 Å². The highest BCUT2D eigenvalue weighted by molar-refractivity contribution is 5.91. The second-order valence-electron chi connectivity index (χ2n) is 7.67. The Morgan fingerprint density at radius 3 is 2.33 bits per heavy atom. The molecule has 3 heteroatoms. The zero-order valence-electron chi connectivity index (χ0n) is 16.5. The van der Waals surface area contributed by atoms with Crippen LogP contribution in [0.15, 0.2) is 48.5 Å². The fourth-order valence-corrected chi connectivity index (χ4v) is 3.75. The third-order valence-electron chi connectivity index (χ3n) is 5.70. The van der Waals surface area contributed by atoms with Gasteiger partial charge in [-0.2, -0.15) is 0 Å². The molecule has 1 aliphatic carbocycles. The van der Waals surface area contributed by atoms with Crippen molar-refractivity contribution in [2.24, 2.45) is 0 Å². The Morgan fingerprint density at radius 2 is 1.70 bits per heavy atom. The maximum Gasteiger partial charge on any atom is 0.262 e. The van der Waals surface area contributed by atoms with Crippen molar-refractivity contribution in [2.75, 3.05) is 11.9 Å². The quantitative estimate of drug-likeness (QED) is 0.628. The molecule has 1 fully saturated rings. The van der Waals surface area contributed by atoms with Gasteiger partial charge in [-0.3, -0.25) is 4.79 Å². The van der Waals surface area contributed by atoms with E-state index in [0.717, 1.165) is 17.9 Å². The van der Waals surface area contributed by atoms with Crippen molar-refractivity contribution in [1.29, 1.82) is 0 Å². The van der Waals surface area contributed by atoms with Gasteiger partial charge >= 0.3 is 0 Å². The topological polar surface area (TPSA) is 38.3 Å². The minimum absolute atomic E-state index is 0.0237. The Balaban J connectivity index is 1.47. The Morgan fingerprint density at radius 1 is 1.04 bits per heavy atom. The van der Waals surface area contributed by atoms with Gasteiger partial charge in [0.05, 0.1) is 0 Å². The van der Waals surface area contributed by atoms with Crippen LogP contribution in [0, 0.1) is 0 Å². The molecular weight excluding hydrogens is 334 g/mol. The highest BCUT2D eigenvalue weighted by atomic mass is 16.5. The standard InChI is InChI=1S/C24H31NO2/c1-3-18(2)19-9-13-22(14-10-19)25-24(26)17-27-23-15-11-21(12-16-23)20-7-5-4-6-8-20/h9-16,18,20H,3-8,17H2,1-2H3,(H,25,26)/t18-/m1/s1. The fraction of sp³-hybridized carbons (Fsp3) is 0.458. The van der Waals surface area contributed by atoms with Gasteiger partial charge in [0.2, 0.25) is 0 Å². The van der Waals surface area contributed by atoms with Gasteiger partial charge in [0.15, 0.2) is 6.61 Å². The lowest BCUT2D eigenvalue weighted by Gasteiger charge is -2.22. The molecule has 144 valence electrons. The van der Waals surface area contributed by atoms with Crippen LogP contribution in [0.3, 0.4) is 0 Å². The summed E-state index contributed by atoms with van der Waals surface area (Å²) in [5, 5.41) is 2.90. The molecule has 1 saturated carbocycles. The summed E-state index contributed by atoms with van der Waals surface area (Å²) in [5.74, 6) is 1.84. The van der Waals surface area contributed by atoms with Crippen molar-refractivity contribution in [3.05, 3.63) is 59.7 Å². The van der Waals surface area contributed by atoms with Gasteiger partial charge in [-0.05, 0) is 66.5 Å². The second kappa shape index (κ2) is 9.59. The maximum atomic E-state index is 12.1. The van der Waals surface area contributed by atoms with Crippen LogP contribution in [0.4, 0.5) is 5.69 Å². The minimum Gasteiger partial charge on any atom is -0.484 e. The first-order chi connectivity index (χ1) is 13.2. The fourth-order valence-electron chi connectivity index (χ4n) is 3.75. The molecule has 0 saturated heterocycles. The predicted octanol–water partition coefficient (Wildman–Crippen LogP) is 6.27. The number of anilines is 1. The van der Waals surface area contributed by atoms with E-state index in [1.165, 1.54) is 43.2 Å². The van der Waals surface area contributed by atoms with Gasteiger partial charge in [-0.15, -0.1) is 0 Å². The lowest BCUT2D eigenvalue weighted by molar-refractivity contribution is -0.118. The molecule has 0 spiro atoms. The van der Waals surface area contributed by atoms with Crippen LogP contribution in [0.1, 0.15) is 75.3 Å². The molecule has 0 unspecified atom stereocenters. The average Bonchev–Trinajstić information content (AvgIpc) is 2.73. The first-order valence-electron chi connectivity index (χ1n) is 10.3. The van der Waals surface area contributed by atoms with E-state index in [0.29, 0.717) is 11.8 Å². The molecule has 0 aromatic heterocycles. The smallest absolute Gasteiger partial charge is 0.262 e. The van der Waals surface area contributed by atoms with Crippen LogP contribution in [0.25, 0.3) is 0 Å². The monoisotopic (exact) mass is 365 g/mol. The summed E-state index contributed by atoms with van der Waals surface area (Å²) in [4.78, 5) is 12.1. The van der Waals surface area contributed by atoms with Crippen molar-refractivity contribution in [3.63, 3.8) is 0 Å². The normalized spacial score (nSPS) is 15.9. The predicted molar refractivity (Wildman–Crippen MR) is 112 cm³/mol. The van der Waals surface area contributed by atoms with Gasteiger partial charge in [-0.1, -0.05) is 57.4 Å². The molecular formula is C24H31NO2. The first-order valence-corrected chi connectivity index (χ1v) is 10.3. The van der Waals surface area contributed by atoms with Gasteiger partial charge in [0.1, 0.15) is 5.75 Å². The highest BCUT2D eigenvalue weighted by Crippen LogP contribution is 2.33. The lowest BCUT2D eigenvalue weighted by atomic mass is 9.84. The first kappa shape index (κ1) is 19.5. The molecule has 1 atom stereocenters. The number of carbonyl (C=O) groups is 1. The molecule has 1 aliphatic rings. The minimum atomic E-state index is -0.136. The van der Waals surface area contributed by atoms with E-state index >= 15 is 0 Å². The Kier molecular flexibility index (Phi) is 6.92. The van der Waals surface area contributed by atoms with Crippen molar-refractivity contribution in [1.82, 2.24) is 0 Å². The van der Waals surface area contributed by atoms with Crippen LogP contribution in [-0.2, 0) is 4.79 Å². The van der Waals surface area contributed by atoms with E-state index in [9.17, 15) is 4.79 Å². The molecule has 2 aromatic rings. The third-order valence-corrected chi connectivity index (χ3v) is 5.70. The summed E-state index contributed by atoms with van der Waals surface area (Å²) in [6.07, 6.45) is 7.73. The summed E-state index contributed by atoms with van der Waals surface area (Å²) >= 11 is 0. The van der Waals surface area contributed by atoms with Gasteiger partial charge in [0, 0.05) is 5.69 Å². The Hall–Kier alpha value is -2.29. The molecule has 27 heavy (non-hydrogen) atoms. The molecule has 3 nitrogen and oxygen atoms in total. The lowest BCUT2D eigenvalue weighted by Crippen LogP contribution is -2.20.